The molecule has 0 spiro atoms. The van der Waals surface area contributed by atoms with Gasteiger partial charge in [-0.1, -0.05) is 0 Å². The monoisotopic (exact) mass is 242 g/mol. The summed E-state index contributed by atoms with van der Waals surface area (Å²) >= 11 is 0. The van der Waals surface area contributed by atoms with Crippen molar-refractivity contribution in [2.45, 2.75) is 59.5 Å². The molecule has 0 N–H and O–H groups in total. The molecule has 1 aliphatic heterocycles. The first-order valence-corrected chi connectivity index (χ1v) is 6.00. The minimum atomic E-state index is -1.08. The summed E-state index contributed by atoms with van der Waals surface area (Å²) in [5.74, 6) is -1.08. The SMILES string of the molecule is CC(=O)[O-].CC(C)(C)N1C=[N+](C(C)(C)C)CC1. The zero-order chi connectivity index (χ0) is 13.9. The van der Waals surface area contributed by atoms with Gasteiger partial charge in [0.2, 0.25) is 6.34 Å². The Morgan fingerprint density at radius 1 is 1.24 bits per heavy atom. The maximum atomic E-state index is 8.89. The van der Waals surface area contributed by atoms with Crippen molar-refractivity contribution < 1.29 is 14.5 Å². The van der Waals surface area contributed by atoms with Gasteiger partial charge in [-0.05, 0) is 48.5 Å². The Bertz CT molecular complexity index is 292. The zero-order valence-electron chi connectivity index (χ0n) is 12.2. The van der Waals surface area contributed by atoms with Crippen molar-refractivity contribution in [3.05, 3.63) is 0 Å². The van der Waals surface area contributed by atoms with Gasteiger partial charge in [0.05, 0.1) is 11.1 Å². The zero-order valence-corrected chi connectivity index (χ0v) is 12.2. The molecule has 0 aromatic rings. The van der Waals surface area contributed by atoms with Crippen LogP contribution in [0.2, 0.25) is 0 Å². The van der Waals surface area contributed by atoms with Crippen LogP contribution < -0.4 is 5.11 Å². The van der Waals surface area contributed by atoms with Crippen molar-refractivity contribution in [3.63, 3.8) is 0 Å². The standard InChI is InChI=1S/C11H23N2.C2H4O2/c1-10(2,3)12-7-8-13(9-12)11(4,5)6;1-2(3)4/h9H,7-8H2,1-6H3;1H3,(H,3,4)/q+1;/p-1. The van der Waals surface area contributed by atoms with Crippen LogP contribution in [0.15, 0.2) is 0 Å². The highest BCUT2D eigenvalue weighted by molar-refractivity contribution is 5.60. The Hall–Kier alpha value is -1.06. The molecule has 0 saturated heterocycles. The van der Waals surface area contributed by atoms with Gasteiger partial charge < -0.3 is 9.90 Å². The van der Waals surface area contributed by atoms with E-state index in [2.05, 4.69) is 57.4 Å². The van der Waals surface area contributed by atoms with E-state index < -0.39 is 5.97 Å². The van der Waals surface area contributed by atoms with Crippen molar-refractivity contribution in [1.29, 1.82) is 0 Å². The number of aliphatic carboxylic acids is 1. The summed E-state index contributed by atoms with van der Waals surface area (Å²) in [7, 11) is 0. The van der Waals surface area contributed by atoms with E-state index in [1.54, 1.807) is 0 Å². The predicted molar refractivity (Wildman–Crippen MR) is 68.1 cm³/mol. The molecular weight excluding hydrogens is 216 g/mol. The molecule has 0 aromatic carbocycles. The number of nitrogens with zero attached hydrogens (tertiary/aromatic N) is 2. The minimum absolute atomic E-state index is 0.264. The van der Waals surface area contributed by atoms with Gasteiger partial charge in [0, 0.05) is 5.97 Å². The summed E-state index contributed by atoms with van der Waals surface area (Å²) in [6.45, 7) is 16.8. The van der Waals surface area contributed by atoms with E-state index in [1.165, 1.54) is 0 Å². The fraction of sp³-hybridized carbons (Fsp3) is 0.846. The molecule has 0 amide bonds. The third-order valence-electron chi connectivity index (χ3n) is 2.58. The van der Waals surface area contributed by atoms with Crippen LogP contribution in [-0.4, -0.2) is 46.0 Å². The summed E-state index contributed by atoms with van der Waals surface area (Å²) in [5.41, 5.74) is 0.528. The molecule has 0 aliphatic carbocycles. The van der Waals surface area contributed by atoms with E-state index in [4.69, 9.17) is 9.90 Å². The van der Waals surface area contributed by atoms with Crippen LogP contribution in [0.4, 0.5) is 0 Å². The van der Waals surface area contributed by atoms with Gasteiger partial charge in [-0.25, -0.2) is 0 Å². The van der Waals surface area contributed by atoms with Crippen LogP contribution in [0.5, 0.6) is 0 Å². The highest BCUT2D eigenvalue weighted by atomic mass is 16.4. The lowest BCUT2D eigenvalue weighted by molar-refractivity contribution is -0.584. The molecule has 1 aliphatic rings. The van der Waals surface area contributed by atoms with E-state index in [-0.39, 0.29) is 11.1 Å². The topological polar surface area (TPSA) is 46.4 Å². The van der Waals surface area contributed by atoms with Crippen molar-refractivity contribution in [2.24, 2.45) is 0 Å². The lowest BCUT2D eigenvalue weighted by atomic mass is 10.1. The average molecular weight is 242 g/mol. The second kappa shape index (κ2) is 5.52. The predicted octanol–water partition coefficient (Wildman–Crippen LogP) is 0.696. The molecular formula is C13H26N2O2. The molecule has 1 rings (SSSR count). The maximum Gasteiger partial charge on any atom is 0.235 e. The van der Waals surface area contributed by atoms with Crippen molar-refractivity contribution in [3.8, 4) is 0 Å². The van der Waals surface area contributed by atoms with Crippen LogP contribution in [0.3, 0.4) is 0 Å². The highest BCUT2D eigenvalue weighted by Gasteiger charge is 2.34. The molecule has 0 radical (unpaired) electrons. The molecule has 1 heterocycles. The molecule has 0 bridgehead atoms. The third kappa shape index (κ3) is 6.29. The molecule has 0 fully saturated rings. The Labute approximate surface area is 105 Å². The number of carbonyl (C=O) groups excluding carboxylic acids is 1. The second-order valence-corrected chi connectivity index (χ2v) is 6.34. The number of hydrogen-bond donors (Lipinski definition) is 0. The largest absolute Gasteiger partial charge is 0.550 e. The Kier molecular flexibility index (Phi) is 5.17. The maximum absolute atomic E-state index is 8.89. The molecule has 4 heteroatoms. The van der Waals surface area contributed by atoms with Crippen LogP contribution in [0, 0.1) is 0 Å². The minimum Gasteiger partial charge on any atom is -0.550 e. The normalized spacial score (nSPS) is 16.2. The summed E-state index contributed by atoms with van der Waals surface area (Å²) in [4.78, 5) is 11.3. The van der Waals surface area contributed by atoms with Gasteiger partial charge in [-0.15, -0.1) is 0 Å². The van der Waals surface area contributed by atoms with E-state index in [0.29, 0.717) is 0 Å². The molecule has 0 unspecified atom stereocenters. The van der Waals surface area contributed by atoms with Crippen molar-refractivity contribution >= 4 is 12.3 Å². The smallest absolute Gasteiger partial charge is 0.235 e. The Morgan fingerprint density at radius 3 is 1.82 bits per heavy atom. The lowest BCUT2D eigenvalue weighted by Crippen LogP contribution is -2.39. The molecule has 0 atom stereocenters. The fourth-order valence-corrected chi connectivity index (χ4v) is 1.52. The van der Waals surface area contributed by atoms with Crippen molar-refractivity contribution in [1.82, 2.24) is 4.90 Å². The fourth-order valence-electron chi connectivity index (χ4n) is 1.52. The number of rotatable bonds is 0. The Balaban J connectivity index is 0.000000557. The summed E-state index contributed by atoms with van der Waals surface area (Å²) in [6.07, 6.45) is 2.28. The van der Waals surface area contributed by atoms with Gasteiger partial charge in [-0.2, -0.15) is 0 Å². The number of carboxylic acid groups (broad SMARTS) is 1. The summed E-state index contributed by atoms with van der Waals surface area (Å²) in [6, 6.07) is 0. The van der Waals surface area contributed by atoms with Gasteiger partial charge in [-0.3, -0.25) is 9.48 Å². The van der Waals surface area contributed by atoms with Crippen LogP contribution in [-0.2, 0) is 4.79 Å². The number of carbonyl (C=O) groups is 1. The number of hydrogen-bond acceptors (Lipinski definition) is 3. The van der Waals surface area contributed by atoms with Gasteiger partial charge in [0.1, 0.15) is 13.1 Å². The van der Waals surface area contributed by atoms with Crippen molar-refractivity contribution in [2.75, 3.05) is 13.1 Å². The first kappa shape index (κ1) is 15.9. The van der Waals surface area contributed by atoms with Crippen LogP contribution in [0.1, 0.15) is 48.5 Å². The summed E-state index contributed by atoms with van der Waals surface area (Å²) < 4.78 is 2.41. The first-order chi connectivity index (χ1) is 7.44. The summed E-state index contributed by atoms with van der Waals surface area (Å²) in [5, 5.41) is 8.89. The molecule has 100 valence electrons. The lowest BCUT2D eigenvalue weighted by Gasteiger charge is -2.23. The second-order valence-electron chi connectivity index (χ2n) is 6.34. The Morgan fingerprint density at radius 2 is 1.65 bits per heavy atom. The van der Waals surface area contributed by atoms with Crippen LogP contribution >= 0.6 is 0 Å². The van der Waals surface area contributed by atoms with E-state index in [1.807, 2.05) is 0 Å². The number of carboxylic acids is 1. The molecule has 0 saturated carbocycles. The molecule has 17 heavy (non-hydrogen) atoms. The molecule has 4 nitrogen and oxygen atoms in total. The first-order valence-electron chi connectivity index (χ1n) is 6.00. The molecule has 0 aromatic heterocycles. The third-order valence-corrected chi connectivity index (χ3v) is 2.58. The van der Waals surface area contributed by atoms with Crippen LogP contribution in [0.25, 0.3) is 0 Å². The van der Waals surface area contributed by atoms with Gasteiger partial charge in [0.25, 0.3) is 0 Å². The van der Waals surface area contributed by atoms with Gasteiger partial charge >= 0.3 is 0 Å². The average Bonchev–Trinajstić information content (AvgIpc) is 2.46. The quantitative estimate of drug-likeness (QED) is 0.587. The van der Waals surface area contributed by atoms with E-state index in [0.717, 1.165) is 20.0 Å². The van der Waals surface area contributed by atoms with Gasteiger partial charge in [0.15, 0.2) is 0 Å². The highest BCUT2D eigenvalue weighted by Crippen LogP contribution is 2.17. The van der Waals surface area contributed by atoms with E-state index >= 15 is 0 Å². The van der Waals surface area contributed by atoms with E-state index in [9.17, 15) is 0 Å².